The van der Waals surface area contributed by atoms with Gasteiger partial charge in [0.25, 0.3) is 5.91 Å². The van der Waals surface area contributed by atoms with Crippen molar-refractivity contribution in [2.24, 2.45) is 0 Å². The van der Waals surface area contributed by atoms with Crippen LogP contribution in [0.1, 0.15) is 28.1 Å². The maximum atomic E-state index is 13.7. The number of benzene rings is 2. The van der Waals surface area contributed by atoms with Crippen molar-refractivity contribution in [3.63, 3.8) is 0 Å². The van der Waals surface area contributed by atoms with Crippen molar-refractivity contribution >= 4 is 66.0 Å². The first kappa shape index (κ1) is 27.1. The number of hydrogen-bond acceptors (Lipinski definition) is 6. The summed E-state index contributed by atoms with van der Waals surface area (Å²) in [5, 5.41) is 13.5. The number of piperidine rings is 1. The molecule has 3 heterocycles. The summed E-state index contributed by atoms with van der Waals surface area (Å²) in [5.74, 6) is -0.572. The molecule has 2 aliphatic heterocycles. The number of thiophene rings is 1. The van der Waals surface area contributed by atoms with Gasteiger partial charge >= 0.3 is 0 Å². The number of carbonyl (C=O) groups excluding carboxylic acids is 3. The number of nitrogens with zero attached hydrogens (tertiary/aromatic N) is 1. The molecule has 0 bridgehead atoms. The summed E-state index contributed by atoms with van der Waals surface area (Å²) < 4.78 is 6.58. The molecule has 2 aromatic carbocycles. The first-order valence-corrected chi connectivity index (χ1v) is 11.8. The number of rotatable bonds is 5. The molecule has 0 unspecified atom stereocenters. The third kappa shape index (κ3) is 5.66. The lowest BCUT2D eigenvalue weighted by Gasteiger charge is -2.37. The van der Waals surface area contributed by atoms with Crippen LogP contribution in [0.2, 0.25) is 0 Å². The number of fused-ring (bicyclic) bond motifs is 2. The summed E-state index contributed by atoms with van der Waals surface area (Å²) in [7, 11) is 0. The van der Waals surface area contributed by atoms with Crippen LogP contribution in [0.4, 0.5) is 0 Å². The monoisotopic (exact) mass is 532 g/mol. The number of phenols is 1. The molecule has 3 aromatic rings. The average molecular weight is 533 g/mol. The maximum Gasteiger partial charge on any atom is 0.262 e. The topological polar surface area (TPSA) is 95.9 Å². The molecule has 1 aromatic heterocycles. The van der Waals surface area contributed by atoms with Crippen molar-refractivity contribution in [1.29, 1.82) is 0 Å². The van der Waals surface area contributed by atoms with E-state index in [9.17, 15) is 19.5 Å². The number of phenolic OH excluding ortho intramolecular Hbond substituents is 1. The lowest BCUT2D eigenvalue weighted by molar-refractivity contribution is -0.142. The summed E-state index contributed by atoms with van der Waals surface area (Å²) in [6.45, 7) is 0.482. The molecule has 7 nitrogen and oxygen atoms in total. The van der Waals surface area contributed by atoms with Gasteiger partial charge in [0, 0.05) is 17.7 Å². The Kier molecular flexibility index (Phi) is 8.87. The Morgan fingerprint density at radius 1 is 1.14 bits per heavy atom. The van der Waals surface area contributed by atoms with E-state index in [1.54, 1.807) is 29.2 Å². The second-order valence-corrected chi connectivity index (χ2v) is 9.56. The van der Waals surface area contributed by atoms with E-state index in [0.29, 0.717) is 11.4 Å². The van der Waals surface area contributed by atoms with Crippen LogP contribution in [0.5, 0.6) is 5.75 Å². The quantitative estimate of drug-likeness (QED) is 0.527. The van der Waals surface area contributed by atoms with Gasteiger partial charge in [0.15, 0.2) is 5.78 Å². The Morgan fingerprint density at radius 3 is 2.63 bits per heavy atom. The fraction of sp³-hybridized carbons (Fsp3) is 0.320. The van der Waals surface area contributed by atoms with Crippen LogP contribution in [-0.2, 0) is 20.7 Å². The van der Waals surface area contributed by atoms with Gasteiger partial charge in [0.1, 0.15) is 24.4 Å². The summed E-state index contributed by atoms with van der Waals surface area (Å²) in [4.78, 5) is 41.4. The van der Waals surface area contributed by atoms with Crippen molar-refractivity contribution in [2.75, 3.05) is 13.2 Å². The Hall–Kier alpha value is -2.53. The van der Waals surface area contributed by atoms with Gasteiger partial charge in [-0.15, -0.1) is 11.3 Å². The van der Waals surface area contributed by atoms with Crippen LogP contribution in [0.3, 0.4) is 0 Å². The lowest BCUT2D eigenvalue weighted by atomic mass is 9.95. The predicted molar refractivity (Wildman–Crippen MR) is 145 cm³/mol. The van der Waals surface area contributed by atoms with E-state index in [0.717, 1.165) is 28.5 Å². The molecule has 3 atom stereocenters. The number of hydrogen-bond donors (Lipinski definition) is 2. The predicted octanol–water partition coefficient (Wildman–Crippen LogP) is 3.13. The highest BCUT2D eigenvalue weighted by Crippen LogP contribution is 2.28. The van der Waals surface area contributed by atoms with Crippen LogP contribution >= 0.6 is 38.3 Å². The first-order valence-electron chi connectivity index (χ1n) is 11.0. The van der Waals surface area contributed by atoms with Crippen molar-refractivity contribution in [3.05, 3.63) is 65.0 Å². The van der Waals surface area contributed by atoms with Gasteiger partial charge in [-0.25, -0.2) is 0 Å². The van der Waals surface area contributed by atoms with Crippen molar-refractivity contribution < 1.29 is 24.2 Å². The zero-order valence-electron chi connectivity index (χ0n) is 18.9. The first-order chi connectivity index (χ1) is 16.0. The minimum atomic E-state index is -0.848. The van der Waals surface area contributed by atoms with E-state index < -0.39 is 12.1 Å². The van der Waals surface area contributed by atoms with E-state index in [2.05, 4.69) is 5.32 Å². The number of amides is 2. The number of ether oxygens (including phenoxy) is 1. The molecule has 2 fully saturated rings. The number of nitrogens with one attached hydrogen (secondary N) is 1. The minimum Gasteiger partial charge on any atom is -0.508 e. The second-order valence-electron chi connectivity index (χ2n) is 8.48. The van der Waals surface area contributed by atoms with Gasteiger partial charge in [-0.1, -0.05) is 30.3 Å². The Bertz CT molecular complexity index is 1180. The lowest BCUT2D eigenvalue weighted by Crippen LogP contribution is -2.58. The highest BCUT2D eigenvalue weighted by Gasteiger charge is 2.45. The van der Waals surface area contributed by atoms with Crippen molar-refractivity contribution in [1.82, 2.24) is 10.2 Å². The third-order valence-corrected chi connectivity index (χ3v) is 7.37. The molecule has 0 aliphatic carbocycles. The summed E-state index contributed by atoms with van der Waals surface area (Å²) >= 11 is 1.37. The van der Waals surface area contributed by atoms with Crippen molar-refractivity contribution in [2.45, 2.75) is 37.5 Å². The van der Waals surface area contributed by atoms with Gasteiger partial charge in [-0.2, -0.15) is 27.0 Å². The molecule has 2 saturated heterocycles. The molecular weight excluding hydrogens is 504 g/mol. The van der Waals surface area contributed by atoms with Crippen molar-refractivity contribution in [3.8, 4) is 5.75 Å². The second kappa shape index (κ2) is 11.5. The normalized spacial score (nSPS) is 19.9. The fourth-order valence-corrected chi connectivity index (χ4v) is 5.59. The smallest absolute Gasteiger partial charge is 0.262 e. The molecule has 0 radical (unpaired) electrons. The molecule has 35 heavy (non-hydrogen) atoms. The molecular formula is C25H28N2O5S3. The molecule has 186 valence electrons. The molecule has 10 heteroatoms. The standard InChI is InChI=1S/C25H24N2O5S.2H2S/c28-17-9-7-15(8-10-17)12-18(25(31)27-11-3-5-20-23(27)19(29)14-32-20)26-24(30)22-13-16-4-1-2-6-21(16)33-22;;/h1-2,4,6-10,13,18,20,23,28H,3,5,11-12,14H2,(H,26,30);2*1H2/t18-,20+,23+;;/m0../s1. The zero-order valence-corrected chi connectivity index (χ0v) is 21.7. The summed E-state index contributed by atoms with van der Waals surface area (Å²) in [6, 6.07) is 14.7. The SMILES string of the molecule is O=C(N[C@@H](Cc1ccc(O)cc1)C(=O)N1CCC[C@H]2OCC(=O)[C@H]21)c1cc2ccccc2s1.S.S. The minimum absolute atomic E-state index is 0. The highest BCUT2D eigenvalue weighted by molar-refractivity contribution is 7.59. The highest BCUT2D eigenvalue weighted by atomic mass is 32.1. The number of aromatic hydroxyl groups is 1. The molecule has 0 saturated carbocycles. The molecule has 0 spiro atoms. The molecule has 2 aliphatic rings. The largest absolute Gasteiger partial charge is 0.508 e. The van der Waals surface area contributed by atoms with Crippen LogP contribution in [0.15, 0.2) is 54.6 Å². The molecule has 5 rings (SSSR count). The van der Waals surface area contributed by atoms with Crippen LogP contribution in [-0.4, -0.2) is 58.9 Å². The third-order valence-electron chi connectivity index (χ3n) is 6.26. The Morgan fingerprint density at radius 2 is 1.89 bits per heavy atom. The van der Waals surface area contributed by atoms with E-state index in [4.69, 9.17) is 4.74 Å². The number of carbonyl (C=O) groups is 3. The van der Waals surface area contributed by atoms with Crippen LogP contribution in [0, 0.1) is 0 Å². The van der Waals surface area contributed by atoms with Gasteiger partial charge < -0.3 is 20.1 Å². The Balaban J connectivity index is 0.00000171. The fourth-order valence-electron chi connectivity index (χ4n) is 4.63. The summed E-state index contributed by atoms with van der Waals surface area (Å²) in [5.41, 5.74) is 0.797. The van der Waals surface area contributed by atoms with Gasteiger partial charge in [0.05, 0.1) is 11.0 Å². The van der Waals surface area contributed by atoms with Gasteiger partial charge in [-0.05, 0) is 48.1 Å². The van der Waals surface area contributed by atoms with E-state index >= 15 is 0 Å². The van der Waals surface area contributed by atoms with E-state index in [1.165, 1.54) is 11.3 Å². The van der Waals surface area contributed by atoms with Crippen LogP contribution in [0.25, 0.3) is 10.1 Å². The molecule has 2 amide bonds. The average Bonchev–Trinajstić information content (AvgIpc) is 3.43. The van der Waals surface area contributed by atoms with Gasteiger partial charge in [0.2, 0.25) is 5.91 Å². The summed E-state index contributed by atoms with van der Waals surface area (Å²) in [6.07, 6.45) is 1.47. The molecule has 2 N–H and O–H groups in total. The van der Waals surface area contributed by atoms with Crippen LogP contribution < -0.4 is 5.32 Å². The number of Topliss-reactive ketones (excluding diaryl/α,β-unsaturated/α-hetero) is 1. The van der Waals surface area contributed by atoms with E-state index in [-0.39, 0.29) is 69.5 Å². The number of likely N-dealkylation sites (tertiary alicyclic amines) is 1. The maximum absolute atomic E-state index is 13.7. The van der Waals surface area contributed by atoms with E-state index in [1.807, 2.05) is 30.3 Å². The Labute approximate surface area is 221 Å². The van der Waals surface area contributed by atoms with Gasteiger partial charge in [-0.3, -0.25) is 14.4 Å². The zero-order chi connectivity index (χ0) is 22.9. The number of ketones is 1.